The fourth-order valence-electron chi connectivity index (χ4n) is 1.61. The molecule has 0 unspecified atom stereocenters. The monoisotopic (exact) mass is 251 g/mol. The van der Waals surface area contributed by atoms with Crippen LogP contribution in [0.25, 0.3) is 0 Å². The summed E-state index contributed by atoms with van der Waals surface area (Å²) in [4.78, 5) is 4.49. The van der Waals surface area contributed by atoms with Crippen LogP contribution in [0.5, 0.6) is 0 Å². The van der Waals surface area contributed by atoms with Gasteiger partial charge in [0.2, 0.25) is 0 Å². The van der Waals surface area contributed by atoms with Crippen molar-refractivity contribution in [3.63, 3.8) is 0 Å². The lowest BCUT2D eigenvalue weighted by Crippen LogP contribution is -2.25. The average Bonchev–Trinajstić information content (AvgIpc) is 2.35. The highest BCUT2D eigenvalue weighted by molar-refractivity contribution is 5.45. The molecule has 1 aromatic heterocycles. The molecule has 0 radical (unpaired) electrons. The van der Waals surface area contributed by atoms with E-state index < -0.39 is 0 Å². The third-order valence-corrected chi connectivity index (χ3v) is 2.84. The first-order chi connectivity index (χ1) is 8.57. The van der Waals surface area contributed by atoms with Gasteiger partial charge in [-0.3, -0.25) is 0 Å². The second kappa shape index (κ2) is 7.21. The van der Waals surface area contributed by atoms with Gasteiger partial charge in [-0.1, -0.05) is 19.9 Å². The number of pyridine rings is 1. The highest BCUT2D eigenvalue weighted by Crippen LogP contribution is 2.21. The quantitative estimate of drug-likeness (QED) is 0.745. The Morgan fingerprint density at radius 3 is 2.50 bits per heavy atom. The number of ether oxygens (including phenoxy) is 1. The molecule has 1 heterocycles. The van der Waals surface area contributed by atoms with Crippen molar-refractivity contribution in [3.05, 3.63) is 18.2 Å². The predicted molar refractivity (Wildman–Crippen MR) is 77.2 cm³/mol. The summed E-state index contributed by atoms with van der Waals surface area (Å²) in [6.07, 6.45) is 1.03. The second-order valence-corrected chi connectivity index (χ2v) is 5.20. The van der Waals surface area contributed by atoms with Crippen molar-refractivity contribution < 1.29 is 4.74 Å². The van der Waals surface area contributed by atoms with E-state index in [9.17, 15) is 0 Å². The van der Waals surface area contributed by atoms with Crippen LogP contribution < -0.4 is 10.6 Å². The normalized spacial score (nSPS) is 11.3. The highest BCUT2D eigenvalue weighted by atomic mass is 16.5. The molecule has 0 saturated heterocycles. The predicted octanol–water partition coefficient (Wildman–Crippen LogP) is 2.99. The SMILES string of the molecule is CCNc1cccc(NCC(C)(C)CCOC)n1. The first-order valence-corrected chi connectivity index (χ1v) is 6.51. The number of hydrogen-bond donors (Lipinski definition) is 2. The molecule has 1 aromatic rings. The first kappa shape index (κ1) is 14.8. The van der Waals surface area contributed by atoms with E-state index in [1.165, 1.54) is 0 Å². The van der Waals surface area contributed by atoms with Crippen LogP contribution in [-0.2, 0) is 4.74 Å². The van der Waals surface area contributed by atoms with Gasteiger partial charge >= 0.3 is 0 Å². The number of methoxy groups -OCH3 is 1. The van der Waals surface area contributed by atoms with E-state index in [1.807, 2.05) is 18.2 Å². The topological polar surface area (TPSA) is 46.2 Å². The van der Waals surface area contributed by atoms with Crippen molar-refractivity contribution in [2.45, 2.75) is 27.2 Å². The van der Waals surface area contributed by atoms with E-state index in [4.69, 9.17) is 4.74 Å². The van der Waals surface area contributed by atoms with Gasteiger partial charge in [0.25, 0.3) is 0 Å². The van der Waals surface area contributed by atoms with Crippen LogP contribution >= 0.6 is 0 Å². The Hall–Kier alpha value is -1.29. The van der Waals surface area contributed by atoms with Gasteiger partial charge in [-0.25, -0.2) is 4.98 Å². The molecular formula is C14H25N3O. The minimum Gasteiger partial charge on any atom is -0.385 e. The largest absolute Gasteiger partial charge is 0.385 e. The molecule has 0 aliphatic rings. The molecule has 18 heavy (non-hydrogen) atoms. The van der Waals surface area contributed by atoms with Crippen LogP contribution in [0.3, 0.4) is 0 Å². The molecule has 0 aliphatic heterocycles. The van der Waals surface area contributed by atoms with Gasteiger partial charge in [0.15, 0.2) is 0 Å². The Labute approximate surface area is 110 Å². The smallest absolute Gasteiger partial charge is 0.128 e. The van der Waals surface area contributed by atoms with Crippen molar-refractivity contribution >= 4 is 11.6 Å². The Balaban J connectivity index is 2.49. The minimum absolute atomic E-state index is 0.200. The summed E-state index contributed by atoms with van der Waals surface area (Å²) in [6, 6.07) is 5.98. The van der Waals surface area contributed by atoms with Crippen molar-refractivity contribution in [2.24, 2.45) is 5.41 Å². The third kappa shape index (κ3) is 5.36. The number of nitrogens with zero attached hydrogens (tertiary/aromatic N) is 1. The summed E-state index contributed by atoms with van der Waals surface area (Å²) in [5.74, 6) is 1.83. The maximum atomic E-state index is 5.13. The standard InChI is InChI=1S/C14H25N3O/c1-5-15-12-7-6-8-13(17-12)16-11-14(2,3)9-10-18-4/h6-8H,5,9-11H2,1-4H3,(H2,15,16,17). The number of hydrogen-bond acceptors (Lipinski definition) is 4. The molecule has 2 N–H and O–H groups in total. The van der Waals surface area contributed by atoms with E-state index in [2.05, 4.69) is 36.4 Å². The Kier molecular flexibility index (Phi) is 5.92. The van der Waals surface area contributed by atoms with E-state index in [0.29, 0.717) is 0 Å². The van der Waals surface area contributed by atoms with Crippen molar-refractivity contribution in [3.8, 4) is 0 Å². The summed E-state index contributed by atoms with van der Waals surface area (Å²) >= 11 is 0. The maximum absolute atomic E-state index is 5.13. The Morgan fingerprint density at radius 2 is 1.89 bits per heavy atom. The minimum atomic E-state index is 0.200. The third-order valence-electron chi connectivity index (χ3n) is 2.84. The fraction of sp³-hybridized carbons (Fsp3) is 0.643. The van der Waals surface area contributed by atoms with Crippen molar-refractivity contribution in [1.82, 2.24) is 4.98 Å². The second-order valence-electron chi connectivity index (χ2n) is 5.20. The van der Waals surface area contributed by atoms with Crippen LogP contribution in [0.15, 0.2) is 18.2 Å². The molecule has 0 aromatic carbocycles. The van der Waals surface area contributed by atoms with Crippen LogP contribution in [0.4, 0.5) is 11.6 Å². The van der Waals surface area contributed by atoms with Gasteiger partial charge in [-0.05, 0) is 30.9 Å². The lowest BCUT2D eigenvalue weighted by molar-refractivity contribution is 0.157. The first-order valence-electron chi connectivity index (χ1n) is 6.51. The summed E-state index contributed by atoms with van der Waals surface area (Å²) in [7, 11) is 1.74. The van der Waals surface area contributed by atoms with Crippen LogP contribution in [0, 0.1) is 5.41 Å². The van der Waals surface area contributed by atoms with Crippen LogP contribution in [-0.4, -0.2) is 31.8 Å². The number of rotatable bonds is 8. The summed E-state index contributed by atoms with van der Waals surface area (Å²) in [5, 5.41) is 6.59. The molecule has 1 rings (SSSR count). The van der Waals surface area contributed by atoms with Gasteiger partial charge in [-0.15, -0.1) is 0 Å². The molecule has 0 amide bonds. The maximum Gasteiger partial charge on any atom is 0.128 e. The molecule has 0 saturated carbocycles. The summed E-state index contributed by atoms with van der Waals surface area (Å²) in [6.45, 7) is 9.09. The van der Waals surface area contributed by atoms with Gasteiger partial charge in [-0.2, -0.15) is 0 Å². The van der Waals surface area contributed by atoms with Gasteiger partial charge < -0.3 is 15.4 Å². The average molecular weight is 251 g/mol. The van der Waals surface area contributed by atoms with E-state index in [0.717, 1.165) is 37.8 Å². The van der Waals surface area contributed by atoms with Gasteiger partial charge in [0, 0.05) is 26.8 Å². The molecular weight excluding hydrogens is 226 g/mol. The number of nitrogens with one attached hydrogen (secondary N) is 2. The Bertz CT molecular complexity index is 353. The van der Waals surface area contributed by atoms with Crippen LogP contribution in [0.2, 0.25) is 0 Å². The zero-order chi connectivity index (χ0) is 13.4. The lowest BCUT2D eigenvalue weighted by Gasteiger charge is -2.24. The molecule has 0 bridgehead atoms. The molecule has 4 nitrogen and oxygen atoms in total. The molecule has 0 fully saturated rings. The zero-order valence-electron chi connectivity index (χ0n) is 11.9. The summed E-state index contributed by atoms with van der Waals surface area (Å²) < 4.78 is 5.13. The number of aromatic nitrogens is 1. The van der Waals surface area contributed by atoms with E-state index >= 15 is 0 Å². The Morgan fingerprint density at radius 1 is 1.22 bits per heavy atom. The fourth-order valence-corrected chi connectivity index (χ4v) is 1.61. The highest BCUT2D eigenvalue weighted by Gasteiger charge is 2.17. The molecule has 0 spiro atoms. The van der Waals surface area contributed by atoms with Crippen molar-refractivity contribution in [1.29, 1.82) is 0 Å². The molecule has 4 heteroatoms. The zero-order valence-corrected chi connectivity index (χ0v) is 11.9. The van der Waals surface area contributed by atoms with Crippen LogP contribution in [0.1, 0.15) is 27.2 Å². The lowest BCUT2D eigenvalue weighted by atomic mass is 9.90. The van der Waals surface area contributed by atoms with E-state index in [1.54, 1.807) is 7.11 Å². The van der Waals surface area contributed by atoms with Crippen molar-refractivity contribution in [2.75, 3.05) is 37.4 Å². The molecule has 0 atom stereocenters. The molecule has 102 valence electrons. The van der Waals surface area contributed by atoms with Gasteiger partial charge in [0.05, 0.1) is 0 Å². The summed E-state index contributed by atoms with van der Waals surface area (Å²) in [5.41, 5.74) is 0.200. The van der Waals surface area contributed by atoms with Gasteiger partial charge in [0.1, 0.15) is 11.6 Å². The molecule has 0 aliphatic carbocycles. The number of anilines is 2. The van der Waals surface area contributed by atoms with E-state index in [-0.39, 0.29) is 5.41 Å².